The van der Waals surface area contributed by atoms with Gasteiger partial charge in [0.05, 0.1) is 17.2 Å². The minimum absolute atomic E-state index is 0.299. The van der Waals surface area contributed by atoms with E-state index < -0.39 is 0 Å². The lowest BCUT2D eigenvalue weighted by Gasteiger charge is -2.31. The van der Waals surface area contributed by atoms with E-state index in [2.05, 4.69) is 35.8 Å². The van der Waals surface area contributed by atoms with E-state index in [0.717, 1.165) is 85.8 Å². The molecular formula is C41H40BrN3O4. The summed E-state index contributed by atoms with van der Waals surface area (Å²) in [6.07, 6.45) is 12.5. The van der Waals surface area contributed by atoms with E-state index in [-0.39, 0.29) is 23.6 Å². The van der Waals surface area contributed by atoms with Gasteiger partial charge in [-0.2, -0.15) is 5.26 Å². The van der Waals surface area contributed by atoms with E-state index in [1.165, 1.54) is 22.6 Å². The molecule has 0 aromatic heterocycles. The summed E-state index contributed by atoms with van der Waals surface area (Å²) < 4.78 is 0.656. The Kier molecular flexibility index (Phi) is 9.15. The van der Waals surface area contributed by atoms with Gasteiger partial charge in [-0.05, 0) is 53.3 Å². The van der Waals surface area contributed by atoms with E-state index in [4.69, 9.17) is 0 Å². The monoisotopic (exact) mass is 717 g/mol. The van der Waals surface area contributed by atoms with Gasteiger partial charge in [-0.25, -0.2) is 0 Å². The van der Waals surface area contributed by atoms with Crippen LogP contribution in [0.25, 0.3) is 43.1 Å². The molecule has 7 rings (SSSR count). The molecule has 2 heterocycles. The van der Waals surface area contributed by atoms with E-state index in [9.17, 15) is 24.4 Å². The molecule has 0 saturated carbocycles. The fourth-order valence-corrected chi connectivity index (χ4v) is 8.75. The molecule has 0 fully saturated rings. The predicted octanol–water partition coefficient (Wildman–Crippen LogP) is 10.3. The van der Waals surface area contributed by atoms with Crippen LogP contribution < -0.4 is 0 Å². The predicted molar refractivity (Wildman–Crippen MR) is 198 cm³/mol. The summed E-state index contributed by atoms with van der Waals surface area (Å²) in [5, 5.41) is 16.0. The molecule has 4 amide bonds. The first-order valence-electron chi connectivity index (χ1n) is 17.9. The van der Waals surface area contributed by atoms with Gasteiger partial charge in [0.25, 0.3) is 23.6 Å². The lowest BCUT2D eigenvalue weighted by Crippen LogP contribution is -2.41. The number of benzene rings is 5. The van der Waals surface area contributed by atoms with Crippen molar-refractivity contribution < 1.29 is 19.2 Å². The highest BCUT2D eigenvalue weighted by Gasteiger charge is 2.38. The van der Waals surface area contributed by atoms with Gasteiger partial charge in [0.1, 0.15) is 0 Å². The van der Waals surface area contributed by atoms with Crippen molar-refractivity contribution in [2.45, 2.75) is 90.9 Å². The van der Waals surface area contributed by atoms with Crippen LogP contribution in [-0.2, 0) is 0 Å². The van der Waals surface area contributed by atoms with E-state index in [1.54, 1.807) is 24.3 Å². The number of hydrogen-bond acceptors (Lipinski definition) is 5. The van der Waals surface area contributed by atoms with Crippen molar-refractivity contribution in [1.82, 2.24) is 9.80 Å². The van der Waals surface area contributed by atoms with Gasteiger partial charge in [-0.3, -0.25) is 29.0 Å². The number of nitriles is 1. The first kappa shape index (κ1) is 33.2. The molecule has 5 aromatic rings. The van der Waals surface area contributed by atoms with Crippen LogP contribution in [0.4, 0.5) is 0 Å². The molecule has 0 unspecified atom stereocenters. The molecule has 0 spiro atoms. The topological polar surface area (TPSA) is 98.6 Å². The zero-order valence-electron chi connectivity index (χ0n) is 28.2. The first-order valence-corrected chi connectivity index (χ1v) is 18.7. The van der Waals surface area contributed by atoms with Crippen molar-refractivity contribution in [3.05, 3.63) is 68.7 Å². The average Bonchev–Trinajstić information content (AvgIpc) is 3.11. The van der Waals surface area contributed by atoms with Crippen LogP contribution in [0.15, 0.2) is 40.9 Å². The van der Waals surface area contributed by atoms with Crippen LogP contribution >= 0.6 is 15.9 Å². The van der Waals surface area contributed by atoms with Crippen molar-refractivity contribution in [2.24, 2.45) is 0 Å². The van der Waals surface area contributed by atoms with Crippen LogP contribution in [0.5, 0.6) is 0 Å². The minimum atomic E-state index is -0.375. The van der Waals surface area contributed by atoms with Gasteiger partial charge in [0.2, 0.25) is 0 Å². The lowest BCUT2D eigenvalue weighted by atomic mass is 9.80. The first-order chi connectivity index (χ1) is 23.8. The molecule has 0 N–H and O–H groups in total. The molecule has 5 aromatic carbocycles. The second kappa shape index (κ2) is 13.5. The molecule has 49 heavy (non-hydrogen) atoms. The summed E-state index contributed by atoms with van der Waals surface area (Å²) >= 11 is 3.77. The molecule has 0 radical (unpaired) electrons. The third-order valence-electron chi connectivity index (χ3n) is 10.5. The van der Waals surface area contributed by atoms with Crippen molar-refractivity contribution >= 4 is 82.6 Å². The summed E-state index contributed by atoms with van der Waals surface area (Å²) in [5.41, 5.74) is 2.05. The Morgan fingerprint density at radius 2 is 0.980 bits per heavy atom. The zero-order chi connectivity index (χ0) is 34.4. The maximum atomic E-state index is 14.0. The van der Waals surface area contributed by atoms with E-state index >= 15 is 0 Å². The Bertz CT molecular complexity index is 2210. The maximum absolute atomic E-state index is 14.0. The summed E-state index contributed by atoms with van der Waals surface area (Å²) in [6, 6.07) is 13.1. The fraction of sp³-hybridized carbons (Fsp3) is 0.390. The van der Waals surface area contributed by atoms with E-state index in [0.29, 0.717) is 66.9 Å². The third-order valence-corrected chi connectivity index (χ3v) is 11.2. The molecule has 0 bridgehead atoms. The van der Waals surface area contributed by atoms with Gasteiger partial charge < -0.3 is 0 Å². The molecule has 0 aliphatic carbocycles. The van der Waals surface area contributed by atoms with Crippen molar-refractivity contribution in [3.8, 4) is 6.07 Å². The Hall–Kier alpha value is -4.35. The molecule has 0 saturated heterocycles. The molecule has 8 heteroatoms. The maximum Gasteiger partial charge on any atom is 0.261 e. The Balaban J connectivity index is 1.36. The quantitative estimate of drug-likeness (QED) is 0.0493. The van der Waals surface area contributed by atoms with Gasteiger partial charge in [0.15, 0.2) is 0 Å². The number of rotatable bonds is 14. The molecule has 2 aliphatic heterocycles. The number of amides is 4. The normalized spacial score (nSPS) is 14.4. The third kappa shape index (κ3) is 5.29. The van der Waals surface area contributed by atoms with Crippen LogP contribution in [0.1, 0.15) is 138 Å². The highest BCUT2D eigenvalue weighted by atomic mass is 79.9. The number of carbonyl (C=O) groups is 4. The molecule has 250 valence electrons. The zero-order valence-corrected chi connectivity index (χ0v) is 29.8. The molecular weight excluding hydrogens is 678 g/mol. The smallest absolute Gasteiger partial charge is 0.261 e. The van der Waals surface area contributed by atoms with Crippen LogP contribution in [0, 0.1) is 11.3 Å². The minimum Gasteiger partial charge on any atom is -0.274 e. The summed E-state index contributed by atoms with van der Waals surface area (Å²) in [7, 11) is 0. The Morgan fingerprint density at radius 3 is 1.51 bits per heavy atom. The van der Waals surface area contributed by atoms with Gasteiger partial charge in [-0.15, -0.1) is 0 Å². The lowest BCUT2D eigenvalue weighted by molar-refractivity contribution is 0.0592. The van der Waals surface area contributed by atoms with Crippen molar-refractivity contribution in [3.63, 3.8) is 0 Å². The van der Waals surface area contributed by atoms with Gasteiger partial charge in [0, 0.05) is 61.2 Å². The van der Waals surface area contributed by atoms with Crippen LogP contribution in [0.2, 0.25) is 0 Å². The summed E-state index contributed by atoms with van der Waals surface area (Å²) in [5.74, 6) is -1.30. The number of unbranched alkanes of at least 4 members (excludes halogenated alkanes) is 10. The Morgan fingerprint density at radius 1 is 0.531 bits per heavy atom. The molecule has 0 atom stereocenters. The summed E-state index contributed by atoms with van der Waals surface area (Å²) in [6.45, 7) is 5.06. The van der Waals surface area contributed by atoms with Gasteiger partial charge >= 0.3 is 0 Å². The number of nitrogens with zero attached hydrogens (tertiary/aromatic N) is 3. The van der Waals surface area contributed by atoms with Crippen LogP contribution in [0.3, 0.4) is 0 Å². The standard InChI is InChI=1S/C41H40BrN3O4/c1-3-5-7-9-11-13-19-44-38(46)27-17-15-25-32-24(23-43)21-29-35-30(41(49)45(40(29)48)20-14-12-10-8-6-4-2)22-31(42)36(37(32)35)26-16-18-28(39(44)47)34(27)33(25)26/h15-18,21-22H,3-14,19-20H2,1-2H3. The number of carbonyl (C=O) groups excluding carboxylic acids is 4. The fourth-order valence-electron chi connectivity index (χ4n) is 8.11. The van der Waals surface area contributed by atoms with Gasteiger partial charge in [-0.1, -0.05) is 106 Å². The largest absolute Gasteiger partial charge is 0.274 e. The number of fused-ring (bicyclic) bond motifs is 2. The van der Waals surface area contributed by atoms with Crippen molar-refractivity contribution in [2.75, 3.05) is 13.1 Å². The second-order valence-electron chi connectivity index (χ2n) is 13.6. The molecule has 2 aliphatic rings. The number of hydrogen-bond donors (Lipinski definition) is 0. The highest BCUT2D eigenvalue weighted by Crippen LogP contribution is 2.49. The molecule has 7 nitrogen and oxygen atoms in total. The SMILES string of the molecule is CCCCCCCCN1C(=O)c2ccc3c4c(Br)cc5c6c(cc(C#N)c(c7ccc(c2c37)C1=O)c64)C(=O)N(CCCCCCCC)C5=O. The number of imide groups is 2. The average molecular weight is 719 g/mol. The van der Waals surface area contributed by atoms with Crippen molar-refractivity contribution in [1.29, 1.82) is 5.26 Å². The highest BCUT2D eigenvalue weighted by molar-refractivity contribution is 9.10. The summed E-state index contributed by atoms with van der Waals surface area (Å²) in [4.78, 5) is 58.4. The Labute approximate surface area is 294 Å². The number of halogens is 1. The van der Waals surface area contributed by atoms with Crippen LogP contribution in [-0.4, -0.2) is 46.5 Å². The van der Waals surface area contributed by atoms with E-state index in [1.807, 2.05) is 12.1 Å². The second-order valence-corrected chi connectivity index (χ2v) is 14.5.